The van der Waals surface area contributed by atoms with Gasteiger partial charge in [0.05, 0.1) is 24.1 Å². The summed E-state index contributed by atoms with van der Waals surface area (Å²) < 4.78 is 14.0. The Kier molecular flexibility index (Phi) is 4.06. The number of fused-ring (bicyclic) bond motifs is 2. The Balaban J connectivity index is 2.36. The molecule has 0 saturated carbocycles. The third-order valence-corrected chi connectivity index (χ3v) is 5.81. The Bertz CT molecular complexity index is 856. The fourth-order valence-electron chi connectivity index (χ4n) is 4.68. The number of nitrogens with one attached hydrogen (secondary N) is 1. The van der Waals surface area contributed by atoms with Crippen molar-refractivity contribution < 1.29 is 9.47 Å². The van der Waals surface area contributed by atoms with E-state index in [1.165, 1.54) is 0 Å². The second kappa shape index (κ2) is 5.87. The summed E-state index contributed by atoms with van der Waals surface area (Å²) in [6, 6.07) is 9.86. The van der Waals surface area contributed by atoms with Gasteiger partial charge in [-0.1, -0.05) is 13.8 Å². The highest BCUT2D eigenvalue weighted by Gasteiger charge is 2.79. The van der Waals surface area contributed by atoms with E-state index in [9.17, 15) is 15.8 Å². The second-order valence-corrected chi connectivity index (χ2v) is 6.95. The molecule has 7 nitrogen and oxygen atoms in total. The van der Waals surface area contributed by atoms with Gasteiger partial charge in [-0.15, -0.1) is 0 Å². The number of aromatic nitrogens is 1. The van der Waals surface area contributed by atoms with Crippen molar-refractivity contribution in [3.05, 3.63) is 24.0 Å². The van der Waals surface area contributed by atoms with Gasteiger partial charge in [0.25, 0.3) is 0 Å². The summed E-state index contributed by atoms with van der Waals surface area (Å²) in [6.07, 6.45) is 2.46. The minimum atomic E-state index is -1.88. The van der Waals surface area contributed by atoms with Gasteiger partial charge in [0.2, 0.25) is 17.1 Å². The van der Waals surface area contributed by atoms with Gasteiger partial charge in [-0.3, -0.25) is 5.41 Å². The summed E-state index contributed by atoms with van der Waals surface area (Å²) in [5.41, 5.74) is -2.94. The Morgan fingerprint density at radius 1 is 1.23 bits per heavy atom. The predicted octanol–water partition coefficient (Wildman–Crippen LogP) is 3.17. The zero-order valence-corrected chi connectivity index (χ0v) is 15.1. The molecular formula is C19H21N5O2. The quantitative estimate of drug-likeness (QED) is 0.893. The maximum Gasteiger partial charge on any atom is 0.217 e. The molecule has 2 fully saturated rings. The summed E-state index contributed by atoms with van der Waals surface area (Å²) in [5.74, 6) is -2.08. The molecule has 7 heteroatoms. The average molecular weight is 351 g/mol. The number of nitriles is 3. The first-order chi connectivity index (χ1) is 12.4. The molecule has 134 valence electrons. The second-order valence-electron chi connectivity index (χ2n) is 6.95. The molecule has 0 radical (unpaired) electrons. The van der Waals surface area contributed by atoms with E-state index in [4.69, 9.17) is 14.9 Å². The molecule has 1 aromatic rings. The van der Waals surface area contributed by atoms with Crippen molar-refractivity contribution in [3.63, 3.8) is 0 Å². The van der Waals surface area contributed by atoms with Crippen LogP contribution in [0.1, 0.15) is 44.9 Å². The van der Waals surface area contributed by atoms with Gasteiger partial charge in [0, 0.05) is 25.4 Å². The van der Waals surface area contributed by atoms with Crippen LogP contribution in [0.5, 0.6) is 0 Å². The highest BCUT2D eigenvalue weighted by atomic mass is 16.7. The van der Waals surface area contributed by atoms with Crippen LogP contribution in [-0.2, 0) is 16.5 Å². The number of ether oxygens (including phenoxy) is 2. The van der Waals surface area contributed by atoms with Crippen molar-refractivity contribution in [2.24, 2.45) is 23.8 Å². The molecule has 1 N–H and O–H groups in total. The van der Waals surface area contributed by atoms with E-state index in [1.807, 2.05) is 13.8 Å². The Morgan fingerprint density at radius 3 is 2.38 bits per heavy atom. The Morgan fingerprint density at radius 2 is 1.92 bits per heavy atom. The SMILES string of the molecule is CCCC12OC(=N)C(C#N)(C1CC)C(C#N)(C#N)C(c1cccn1C)O2. The van der Waals surface area contributed by atoms with Crippen LogP contribution in [0, 0.1) is 56.2 Å². The van der Waals surface area contributed by atoms with Crippen molar-refractivity contribution in [3.8, 4) is 18.2 Å². The van der Waals surface area contributed by atoms with Crippen LogP contribution >= 0.6 is 0 Å². The third kappa shape index (κ3) is 1.80. The lowest BCUT2D eigenvalue weighted by Crippen LogP contribution is -2.59. The summed E-state index contributed by atoms with van der Waals surface area (Å²) in [4.78, 5) is 0. The lowest BCUT2D eigenvalue weighted by Gasteiger charge is -2.49. The summed E-state index contributed by atoms with van der Waals surface area (Å²) in [6.45, 7) is 3.84. The van der Waals surface area contributed by atoms with E-state index < -0.39 is 28.6 Å². The molecule has 2 aliphatic heterocycles. The predicted molar refractivity (Wildman–Crippen MR) is 91.2 cm³/mol. The molecule has 2 aliphatic rings. The minimum Gasteiger partial charge on any atom is -0.447 e. The molecule has 2 saturated heterocycles. The van der Waals surface area contributed by atoms with E-state index in [1.54, 1.807) is 29.9 Å². The fourth-order valence-corrected chi connectivity index (χ4v) is 4.68. The van der Waals surface area contributed by atoms with Gasteiger partial charge < -0.3 is 14.0 Å². The molecule has 4 atom stereocenters. The first-order valence-electron chi connectivity index (χ1n) is 8.73. The standard InChI is InChI=1S/C19H21N5O2/c1-4-8-19-14(5-2)18(12-22,16(23)26-19)17(10-20,11-21)15(25-19)13-7-6-9-24(13)3/h6-7,9,14-15,23H,4-5,8H2,1-3H3. The largest absolute Gasteiger partial charge is 0.447 e. The monoisotopic (exact) mass is 351 g/mol. The van der Waals surface area contributed by atoms with Crippen molar-refractivity contribution in [1.82, 2.24) is 4.57 Å². The highest BCUT2D eigenvalue weighted by molar-refractivity contribution is 5.89. The van der Waals surface area contributed by atoms with Crippen molar-refractivity contribution in [2.75, 3.05) is 0 Å². The van der Waals surface area contributed by atoms with Crippen molar-refractivity contribution >= 4 is 5.90 Å². The topological polar surface area (TPSA) is 119 Å². The highest BCUT2D eigenvalue weighted by Crippen LogP contribution is 2.68. The molecule has 26 heavy (non-hydrogen) atoms. The fraction of sp³-hybridized carbons (Fsp3) is 0.579. The van der Waals surface area contributed by atoms with E-state index in [0.29, 0.717) is 18.5 Å². The molecule has 1 aromatic heterocycles. The molecule has 4 unspecified atom stereocenters. The van der Waals surface area contributed by atoms with Gasteiger partial charge in [0.1, 0.15) is 6.10 Å². The Hall–Kier alpha value is -2.82. The van der Waals surface area contributed by atoms with E-state index in [0.717, 1.165) is 6.42 Å². The van der Waals surface area contributed by atoms with Crippen LogP contribution in [0.3, 0.4) is 0 Å². The number of hydrogen-bond donors (Lipinski definition) is 1. The summed E-state index contributed by atoms with van der Waals surface area (Å²) >= 11 is 0. The zero-order valence-electron chi connectivity index (χ0n) is 15.1. The number of aryl methyl sites for hydroxylation is 1. The van der Waals surface area contributed by atoms with E-state index >= 15 is 0 Å². The van der Waals surface area contributed by atoms with Crippen molar-refractivity contribution in [1.29, 1.82) is 21.2 Å². The van der Waals surface area contributed by atoms with Crippen molar-refractivity contribution in [2.45, 2.75) is 45.0 Å². The Labute approximate surface area is 152 Å². The molecule has 0 amide bonds. The van der Waals surface area contributed by atoms with E-state index in [-0.39, 0.29) is 5.90 Å². The molecule has 3 heterocycles. The lowest BCUT2D eigenvalue weighted by molar-refractivity contribution is -0.287. The van der Waals surface area contributed by atoms with Crippen LogP contribution in [0.4, 0.5) is 0 Å². The number of rotatable bonds is 4. The lowest BCUT2D eigenvalue weighted by atomic mass is 9.53. The van der Waals surface area contributed by atoms with Crippen LogP contribution < -0.4 is 0 Å². The normalized spacial score (nSPS) is 34.4. The number of hydrogen-bond acceptors (Lipinski definition) is 6. The van der Waals surface area contributed by atoms with Gasteiger partial charge in [0.15, 0.2) is 5.41 Å². The first kappa shape index (κ1) is 18.0. The third-order valence-electron chi connectivity index (χ3n) is 5.81. The molecule has 0 aliphatic carbocycles. The van der Waals surface area contributed by atoms with Crippen LogP contribution in [-0.4, -0.2) is 16.3 Å². The molecular weight excluding hydrogens is 330 g/mol. The van der Waals surface area contributed by atoms with Crippen LogP contribution in [0.25, 0.3) is 0 Å². The smallest absolute Gasteiger partial charge is 0.217 e. The molecule has 0 aromatic carbocycles. The first-order valence-corrected chi connectivity index (χ1v) is 8.73. The van der Waals surface area contributed by atoms with Gasteiger partial charge >= 0.3 is 0 Å². The average Bonchev–Trinajstić information content (AvgIpc) is 3.13. The maximum absolute atomic E-state index is 10.2. The summed E-state index contributed by atoms with van der Waals surface area (Å²) in [5, 5.41) is 38.8. The van der Waals surface area contributed by atoms with Gasteiger partial charge in [-0.2, -0.15) is 15.8 Å². The van der Waals surface area contributed by atoms with Gasteiger partial charge in [-0.05, 0) is 25.0 Å². The minimum absolute atomic E-state index is 0.333. The molecule has 0 spiro atoms. The van der Waals surface area contributed by atoms with Crippen LogP contribution in [0.2, 0.25) is 0 Å². The molecule has 3 rings (SSSR count). The summed E-state index contributed by atoms with van der Waals surface area (Å²) in [7, 11) is 1.80. The van der Waals surface area contributed by atoms with Gasteiger partial charge in [-0.25, -0.2) is 0 Å². The maximum atomic E-state index is 10.2. The number of nitrogens with zero attached hydrogens (tertiary/aromatic N) is 4. The van der Waals surface area contributed by atoms with Crippen LogP contribution in [0.15, 0.2) is 18.3 Å². The molecule has 2 bridgehead atoms. The van der Waals surface area contributed by atoms with E-state index in [2.05, 4.69) is 18.2 Å². The zero-order chi connectivity index (χ0) is 19.2.